The van der Waals surface area contributed by atoms with Gasteiger partial charge < -0.3 is 10.0 Å². The third-order valence-corrected chi connectivity index (χ3v) is 3.85. The first-order chi connectivity index (χ1) is 8.11. The fourth-order valence-electron chi connectivity index (χ4n) is 2.06. The maximum Gasteiger partial charge on any atom is 0.254 e. The molecular weight excluding hydrogens is 234 g/mol. The van der Waals surface area contributed by atoms with Crippen LogP contribution in [0.1, 0.15) is 22.3 Å². The van der Waals surface area contributed by atoms with Crippen molar-refractivity contribution in [2.75, 3.05) is 19.3 Å². The van der Waals surface area contributed by atoms with Gasteiger partial charge in [-0.15, -0.1) is 11.8 Å². The molecule has 1 aliphatic heterocycles. The number of rotatable bonds is 2. The highest BCUT2D eigenvalue weighted by Crippen LogP contribution is 2.22. The lowest BCUT2D eigenvalue weighted by Crippen LogP contribution is -2.30. The van der Waals surface area contributed by atoms with Crippen molar-refractivity contribution in [3.8, 4) is 0 Å². The number of aliphatic hydroxyl groups is 1. The molecule has 1 atom stereocenters. The van der Waals surface area contributed by atoms with Gasteiger partial charge in [0, 0.05) is 23.5 Å². The summed E-state index contributed by atoms with van der Waals surface area (Å²) in [6.07, 6.45) is 2.33. The Morgan fingerprint density at radius 3 is 2.88 bits per heavy atom. The van der Waals surface area contributed by atoms with Gasteiger partial charge in [-0.2, -0.15) is 0 Å². The van der Waals surface area contributed by atoms with Crippen molar-refractivity contribution in [3.63, 3.8) is 0 Å². The number of likely N-dealkylation sites (tertiary alicyclic amines) is 1. The van der Waals surface area contributed by atoms with Crippen molar-refractivity contribution in [2.24, 2.45) is 0 Å². The Labute approximate surface area is 106 Å². The highest BCUT2D eigenvalue weighted by Gasteiger charge is 2.26. The van der Waals surface area contributed by atoms with E-state index in [4.69, 9.17) is 0 Å². The predicted molar refractivity (Wildman–Crippen MR) is 69.5 cm³/mol. The number of benzene rings is 1. The number of aliphatic hydroxyl groups excluding tert-OH is 1. The Bertz CT molecular complexity index is 433. The predicted octanol–water partition coefficient (Wildman–Crippen LogP) is 1.92. The zero-order valence-electron chi connectivity index (χ0n) is 10.1. The van der Waals surface area contributed by atoms with Gasteiger partial charge in [0.15, 0.2) is 0 Å². The molecule has 0 spiro atoms. The van der Waals surface area contributed by atoms with E-state index in [0.29, 0.717) is 19.5 Å². The highest BCUT2D eigenvalue weighted by atomic mass is 32.2. The summed E-state index contributed by atoms with van der Waals surface area (Å²) >= 11 is 1.63. The van der Waals surface area contributed by atoms with Crippen LogP contribution in [-0.2, 0) is 0 Å². The summed E-state index contributed by atoms with van der Waals surface area (Å²) in [6, 6.07) is 5.94. The van der Waals surface area contributed by atoms with Crippen LogP contribution >= 0.6 is 11.8 Å². The maximum absolute atomic E-state index is 12.3. The molecule has 1 fully saturated rings. The van der Waals surface area contributed by atoms with Gasteiger partial charge in [0.1, 0.15) is 0 Å². The molecular formula is C13H17NO2S. The van der Waals surface area contributed by atoms with E-state index in [1.807, 2.05) is 31.4 Å². The first-order valence-corrected chi connectivity index (χ1v) is 6.96. The molecule has 1 saturated heterocycles. The van der Waals surface area contributed by atoms with Crippen LogP contribution in [0.3, 0.4) is 0 Å². The molecule has 17 heavy (non-hydrogen) atoms. The number of amides is 1. The van der Waals surface area contributed by atoms with Gasteiger partial charge in [-0.3, -0.25) is 4.79 Å². The van der Waals surface area contributed by atoms with Crippen molar-refractivity contribution >= 4 is 17.7 Å². The van der Waals surface area contributed by atoms with E-state index >= 15 is 0 Å². The molecule has 2 rings (SSSR count). The molecule has 1 heterocycles. The molecule has 1 aliphatic rings. The minimum atomic E-state index is -0.358. The maximum atomic E-state index is 12.3. The second-order valence-electron chi connectivity index (χ2n) is 4.37. The third kappa shape index (κ3) is 2.64. The average molecular weight is 251 g/mol. The molecule has 1 amide bonds. The van der Waals surface area contributed by atoms with Crippen LogP contribution in [0.4, 0.5) is 0 Å². The second-order valence-corrected chi connectivity index (χ2v) is 5.25. The van der Waals surface area contributed by atoms with E-state index in [9.17, 15) is 9.90 Å². The first-order valence-electron chi connectivity index (χ1n) is 5.74. The summed E-state index contributed by atoms with van der Waals surface area (Å²) < 4.78 is 0. The van der Waals surface area contributed by atoms with Crippen LogP contribution in [0.5, 0.6) is 0 Å². The van der Waals surface area contributed by atoms with E-state index in [2.05, 4.69) is 0 Å². The lowest BCUT2D eigenvalue weighted by Gasteiger charge is -2.17. The van der Waals surface area contributed by atoms with Crippen molar-refractivity contribution in [1.29, 1.82) is 0 Å². The van der Waals surface area contributed by atoms with Gasteiger partial charge in [-0.25, -0.2) is 0 Å². The third-order valence-electron chi connectivity index (χ3n) is 3.13. The van der Waals surface area contributed by atoms with Crippen LogP contribution < -0.4 is 0 Å². The smallest absolute Gasteiger partial charge is 0.254 e. The van der Waals surface area contributed by atoms with Crippen molar-refractivity contribution in [3.05, 3.63) is 29.3 Å². The largest absolute Gasteiger partial charge is 0.391 e. The molecule has 4 heteroatoms. The molecule has 1 aromatic carbocycles. The summed E-state index contributed by atoms with van der Waals surface area (Å²) in [4.78, 5) is 15.1. The van der Waals surface area contributed by atoms with Gasteiger partial charge in [0.05, 0.1) is 6.10 Å². The minimum absolute atomic E-state index is 0.0370. The number of carbonyl (C=O) groups excluding carboxylic acids is 1. The Kier molecular flexibility index (Phi) is 3.74. The van der Waals surface area contributed by atoms with Gasteiger partial charge in [0.25, 0.3) is 5.91 Å². The summed E-state index contributed by atoms with van der Waals surface area (Å²) in [5.74, 6) is 0.0370. The van der Waals surface area contributed by atoms with Crippen LogP contribution in [0.15, 0.2) is 23.1 Å². The molecule has 0 aliphatic carbocycles. The van der Waals surface area contributed by atoms with Crippen molar-refractivity contribution in [2.45, 2.75) is 24.3 Å². The highest BCUT2D eigenvalue weighted by molar-refractivity contribution is 7.98. The number of thioether (sulfide) groups is 1. The van der Waals surface area contributed by atoms with Crippen LogP contribution in [0, 0.1) is 6.92 Å². The van der Waals surface area contributed by atoms with E-state index in [1.165, 1.54) is 0 Å². The Hall–Kier alpha value is -1.00. The summed E-state index contributed by atoms with van der Waals surface area (Å²) in [5, 5.41) is 9.47. The van der Waals surface area contributed by atoms with Gasteiger partial charge in [-0.05, 0) is 37.3 Å². The summed E-state index contributed by atoms with van der Waals surface area (Å²) in [5.41, 5.74) is 1.75. The molecule has 92 valence electrons. The van der Waals surface area contributed by atoms with E-state index in [0.717, 1.165) is 16.0 Å². The summed E-state index contributed by atoms with van der Waals surface area (Å²) in [6.45, 7) is 3.06. The minimum Gasteiger partial charge on any atom is -0.391 e. The van der Waals surface area contributed by atoms with Crippen LogP contribution in [0.25, 0.3) is 0 Å². The van der Waals surface area contributed by atoms with Crippen molar-refractivity contribution in [1.82, 2.24) is 4.90 Å². The first kappa shape index (κ1) is 12.5. The molecule has 0 aromatic heterocycles. The number of hydrogen-bond donors (Lipinski definition) is 1. The Morgan fingerprint density at radius 1 is 1.53 bits per heavy atom. The Morgan fingerprint density at radius 2 is 2.29 bits per heavy atom. The second kappa shape index (κ2) is 5.10. The lowest BCUT2D eigenvalue weighted by atomic mass is 10.1. The normalized spacial score (nSPS) is 19.7. The van der Waals surface area contributed by atoms with Crippen molar-refractivity contribution < 1.29 is 9.90 Å². The molecule has 0 unspecified atom stereocenters. The monoisotopic (exact) mass is 251 g/mol. The van der Waals surface area contributed by atoms with E-state index in [-0.39, 0.29) is 12.0 Å². The summed E-state index contributed by atoms with van der Waals surface area (Å²) in [7, 11) is 0. The number of aryl methyl sites for hydroxylation is 1. The fraction of sp³-hybridized carbons (Fsp3) is 0.462. The zero-order valence-corrected chi connectivity index (χ0v) is 11.0. The molecule has 0 saturated carbocycles. The molecule has 1 N–H and O–H groups in total. The number of carbonyl (C=O) groups is 1. The van der Waals surface area contributed by atoms with Gasteiger partial charge in [-0.1, -0.05) is 6.07 Å². The van der Waals surface area contributed by atoms with E-state index < -0.39 is 0 Å². The topological polar surface area (TPSA) is 40.5 Å². The van der Waals surface area contributed by atoms with Gasteiger partial charge in [0.2, 0.25) is 0 Å². The number of nitrogens with zero attached hydrogens (tertiary/aromatic N) is 1. The number of hydrogen-bond acceptors (Lipinski definition) is 3. The van der Waals surface area contributed by atoms with E-state index in [1.54, 1.807) is 16.7 Å². The molecule has 0 radical (unpaired) electrons. The number of β-amino-alcohol motifs (C(OH)–C–C–N with tert-alkyl or cyclic N) is 1. The quantitative estimate of drug-likeness (QED) is 0.816. The zero-order chi connectivity index (χ0) is 12.4. The lowest BCUT2D eigenvalue weighted by molar-refractivity contribution is 0.0764. The molecule has 3 nitrogen and oxygen atoms in total. The molecule has 0 bridgehead atoms. The van der Waals surface area contributed by atoms with Crippen LogP contribution in [-0.4, -0.2) is 41.4 Å². The standard InChI is InChI=1S/C13H17NO2S/c1-9-3-4-11(17-2)7-12(9)13(16)14-6-5-10(15)8-14/h3-4,7,10,15H,5-6,8H2,1-2H3/t10-/m1/s1. The van der Waals surface area contributed by atoms with Crippen LogP contribution in [0.2, 0.25) is 0 Å². The Balaban J connectivity index is 2.24. The molecule has 1 aromatic rings. The van der Waals surface area contributed by atoms with Gasteiger partial charge >= 0.3 is 0 Å². The SMILES string of the molecule is CSc1ccc(C)c(C(=O)N2CC[C@@H](O)C2)c1. The fourth-order valence-corrected chi connectivity index (χ4v) is 2.49. The average Bonchev–Trinajstić information content (AvgIpc) is 2.76.